The highest BCUT2D eigenvalue weighted by Crippen LogP contribution is 2.61. The minimum atomic E-state index is -0.202. The lowest BCUT2D eigenvalue weighted by molar-refractivity contribution is -0.140. The molecule has 3 amide bonds. The number of rotatable bonds is 5. The van der Waals surface area contributed by atoms with Gasteiger partial charge in [-0.25, -0.2) is 0 Å². The van der Waals surface area contributed by atoms with Crippen LogP contribution in [0.1, 0.15) is 64.7 Å². The van der Waals surface area contributed by atoms with E-state index in [2.05, 4.69) is 12.2 Å². The molecule has 1 saturated heterocycles. The molecule has 0 aromatic rings. The summed E-state index contributed by atoms with van der Waals surface area (Å²) in [6, 6.07) is 0.185. The minimum Gasteiger partial charge on any atom is -0.353 e. The topological polar surface area (TPSA) is 66.5 Å². The summed E-state index contributed by atoms with van der Waals surface area (Å²) in [7, 11) is 0. The van der Waals surface area contributed by atoms with E-state index in [1.165, 1.54) is 43.4 Å². The predicted octanol–water partition coefficient (Wildman–Crippen LogP) is 3.05. The summed E-state index contributed by atoms with van der Waals surface area (Å²) < 4.78 is 0. The molecular formula is C23H32N2O3. The molecule has 0 unspecified atom stereocenters. The lowest BCUT2D eigenvalue weighted by atomic mass is 9.48. The zero-order chi connectivity index (χ0) is 19.5. The molecule has 1 N–H and O–H groups in total. The highest BCUT2D eigenvalue weighted by Gasteiger charge is 2.53. The average molecular weight is 385 g/mol. The number of imide groups is 1. The zero-order valence-electron chi connectivity index (χ0n) is 16.9. The van der Waals surface area contributed by atoms with Gasteiger partial charge in [0.1, 0.15) is 0 Å². The fraction of sp³-hybridized carbons (Fsp3) is 0.783. The Balaban J connectivity index is 1.17. The molecule has 1 aliphatic heterocycles. The maximum atomic E-state index is 12.7. The summed E-state index contributed by atoms with van der Waals surface area (Å²) in [6.07, 6.45) is 13.5. The molecule has 6 rings (SSSR count). The van der Waals surface area contributed by atoms with E-state index in [0.717, 1.165) is 17.8 Å². The van der Waals surface area contributed by atoms with Gasteiger partial charge in [0, 0.05) is 19.0 Å². The second kappa shape index (κ2) is 6.70. The van der Waals surface area contributed by atoms with E-state index in [4.69, 9.17) is 0 Å². The number of hydrogen-bond donors (Lipinski definition) is 1. The Kier molecular flexibility index (Phi) is 4.40. The van der Waals surface area contributed by atoms with Crippen molar-refractivity contribution in [2.24, 2.45) is 35.0 Å². The summed E-state index contributed by atoms with van der Waals surface area (Å²) in [4.78, 5) is 39.1. The summed E-state index contributed by atoms with van der Waals surface area (Å²) in [5.74, 6) is 2.00. The van der Waals surface area contributed by atoms with Gasteiger partial charge in [-0.2, -0.15) is 0 Å². The SMILES string of the molecule is C[C@@H](NC(=O)CCN1C(=O)[C@H]2CC=CC[C@H]2C1=O)C12CC3CC(CC(C3)C1)C2. The molecule has 0 aromatic carbocycles. The highest BCUT2D eigenvalue weighted by atomic mass is 16.2. The van der Waals surface area contributed by atoms with Crippen LogP contribution in [0.2, 0.25) is 0 Å². The Bertz CT molecular complexity index is 666. The maximum Gasteiger partial charge on any atom is 0.233 e. The Morgan fingerprint density at radius 2 is 1.54 bits per heavy atom. The van der Waals surface area contributed by atoms with Crippen LogP contribution in [-0.4, -0.2) is 35.2 Å². The van der Waals surface area contributed by atoms with Crippen molar-refractivity contribution in [2.75, 3.05) is 6.54 Å². The van der Waals surface area contributed by atoms with Crippen molar-refractivity contribution in [3.63, 3.8) is 0 Å². The van der Waals surface area contributed by atoms with Gasteiger partial charge in [0.2, 0.25) is 17.7 Å². The summed E-state index contributed by atoms with van der Waals surface area (Å²) in [6.45, 7) is 2.40. The number of nitrogens with one attached hydrogen (secondary N) is 1. The third-order valence-electron chi connectivity index (χ3n) is 8.54. The number of carbonyl (C=O) groups is 3. The average Bonchev–Trinajstić information content (AvgIpc) is 2.90. The number of likely N-dealkylation sites (tertiary alicyclic amines) is 1. The number of carbonyl (C=O) groups excluding carboxylic acids is 3. The van der Waals surface area contributed by atoms with Gasteiger partial charge < -0.3 is 5.32 Å². The number of hydrogen-bond acceptors (Lipinski definition) is 3. The van der Waals surface area contributed by atoms with Gasteiger partial charge in [-0.05, 0) is 81.5 Å². The Labute approximate surface area is 167 Å². The minimum absolute atomic E-state index is 0.0168. The summed E-state index contributed by atoms with van der Waals surface area (Å²) in [5, 5.41) is 3.25. The molecule has 0 radical (unpaired) electrons. The van der Waals surface area contributed by atoms with E-state index in [1.54, 1.807) is 0 Å². The molecule has 4 bridgehead atoms. The molecule has 5 aliphatic carbocycles. The fourth-order valence-electron chi connectivity index (χ4n) is 7.48. The summed E-state index contributed by atoms with van der Waals surface area (Å²) in [5.41, 5.74) is 0.282. The first-order chi connectivity index (χ1) is 13.4. The normalized spacial score (nSPS) is 42.0. The predicted molar refractivity (Wildman–Crippen MR) is 105 cm³/mol. The first kappa shape index (κ1) is 18.4. The van der Waals surface area contributed by atoms with Crippen molar-refractivity contribution in [3.8, 4) is 0 Å². The van der Waals surface area contributed by atoms with Crippen molar-refractivity contribution in [1.82, 2.24) is 10.2 Å². The molecule has 5 nitrogen and oxygen atoms in total. The van der Waals surface area contributed by atoms with Crippen molar-refractivity contribution >= 4 is 17.7 Å². The highest BCUT2D eigenvalue weighted by molar-refractivity contribution is 6.05. The Hall–Kier alpha value is -1.65. The third kappa shape index (κ3) is 2.93. The van der Waals surface area contributed by atoms with Crippen molar-refractivity contribution in [3.05, 3.63) is 12.2 Å². The number of amides is 3. The Morgan fingerprint density at radius 1 is 1.04 bits per heavy atom. The molecule has 5 fully saturated rings. The standard InChI is InChI=1S/C23H32N2O3/c1-14(23-11-15-8-16(12-23)10-17(9-15)13-23)24-20(26)6-7-25-21(27)18-4-2-3-5-19(18)22(25)28/h2-3,14-19H,4-13H2,1H3,(H,24,26)/t14-,15?,16?,17?,18-,19+,23?/m1/s1. The van der Waals surface area contributed by atoms with E-state index >= 15 is 0 Å². The molecular weight excluding hydrogens is 352 g/mol. The maximum absolute atomic E-state index is 12.7. The summed E-state index contributed by atoms with van der Waals surface area (Å²) >= 11 is 0. The van der Waals surface area contributed by atoms with Gasteiger partial charge in [0.25, 0.3) is 0 Å². The van der Waals surface area contributed by atoms with Crippen molar-refractivity contribution in [2.45, 2.75) is 70.8 Å². The molecule has 0 spiro atoms. The van der Waals surface area contributed by atoms with Gasteiger partial charge in [-0.15, -0.1) is 0 Å². The lowest BCUT2D eigenvalue weighted by Crippen LogP contribution is -2.56. The number of nitrogens with zero attached hydrogens (tertiary/aromatic N) is 1. The molecule has 5 heteroatoms. The van der Waals surface area contributed by atoms with Crippen LogP contribution >= 0.6 is 0 Å². The first-order valence-electron chi connectivity index (χ1n) is 11.2. The van der Waals surface area contributed by atoms with E-state index in [9.17, 15) is 14.4 Å². The Morgan fingerprint density at radius 3 is 2.04 bits per heavy atom. The van der Waals surface area contributed by atoms with Crippen LogP contribution in [0, 0.1) is 35.0 Å². The number of fused-ring (bicyclic) bond motifs is 1. The molecule has 152 valence electrons. The van der Waals surface area contributed by atoms with Gasteiger partial charge in [-0.1, -0.05) is 12.2 Å². The first-order valence-corrected chi connectivity index (χ1v) is 11.2. The monoisotopic (exact) mass is 384 g/mol. The quantitative estimate of drug-likeness (QED) is 0.585. The van der Waals surface area contributed by atoms with Gasteiger partial charge in [-0.3, -0.25) is 19.3 Å². The van der Waals surface area contributed by atoms with Crippen LogP contribution in [0.25, 0.3) is 0 Å². The van der Waals surface area contributed by atoms with Crippen LogP contribution in [0.4, 0.5) is 0 Å². The molecule has 1 heterocycles. The van der Waals surface area contributed by atoms with E-state index in [-0.39, 0.29) is 54.0 Å². The second-order valence-corrected chi connectivity index (χ2v) is 10.3. The van der Waals surface area contributed by atoms with Crippen LogP contribution in [0.3, 0.4) is 0 Å². The number of allylic oxidation sites excluding steroid dienone is 2. The van der Waals surface area contributed by atoms with E-state index in [0.29, 0.717) is 12.8 Å². The molecule has 6 aliphatic rings. The molecule has 3 atom stereocenters. The van der Waals surface area contributed by atoms with Crippen LogP contribution in [-0.2, 0) is 14.4 Å². The second-order valence-electron chi connectivity index (χ2n) is 10.3. The van der Waals surface area contributed by atoms with Gasteiger partial charge in [0.15, 0.2) is 0 Å². The third-order valence-corrected chi connectivity index (χ3v) is 8.54. The fourth-order valence-corrected chi connectivity index (χ4v) is 7.48. The lowest BCUT2D eigenvalue weighted by Gasteiger charge is -2.59. The molecule has 4 saturated carbocycles. The van der Waals surface area contributed by atoms with Gasteiger partial charge in [0.05, 0.1) is 11.8 Å². The van der Waals surface area contributed by atoms with Gasteiger partial charge >= 0.3 is 0 Å². The van der Waals surface area contributed by atoms with Crippen molar-refractivity contribution in [1.29, 1.82) is 0 Å². The van der Waals surface area contributed by atoms with E-state index < -0.39 is 0 Å². The smallest absolute Gasteiger partial charge is 0.233 e. The van der Waals surface area contributed by atoms with E-state index in [1.807, 2.05) is 12.2 Å². The molecule has 28 heavy (non-hydrogen) atoms. The van der Waals surface area contributed by atoms with Crippen LogP contribution < -0.4 is 5.32 Å². The van der Waals surface area contributed by atoms with Crippen LogP contribution in [0.5, 0.6) is 0 Å². The zero-order valence-corrected chi connectivity index (χ0v) is 16.9. The molecule has 0 aromatic heterocycles. The van der Waals surface area contributed by atoms with Crippen LogP contribution in [0.15, 0.2) is 12.2 Å². The largest absolute Gasteiger partial charge is 0.353 e. The van der Waals surface area contributed by atoms with Crippen molar-refractivity contribution < 1.29 is 14.4 Å².